The van der Waals surface area contributed by atoms with Crippen LogP contribution in [0.2, 0.25) is 0 Å². The van der Waals surface area contributed by atoms with Crippen molar-refractivity contribution in [3.05, 3.63) is 89.7 Å². The summed E-state index contributed by atoms with van der Waals surface area (Å²) in [6.07, 6.45) is 3.41. The van der Waals surface area contributed by atoms with E-state index in [1.807, 2.05) is 12.1 Å². The third-order valence-corrected chi connectivity index (χ3v) is 4.24. The van der Waals surface area contributed by atoms with E-state index in [0.29, 0.717) is 23.7 Å². The van der Waals surface area contributed by atoms with E-state index in [9.17, 15) is 9.90 Å². The molecule has 3 aromatic rings. The molecule has 0 fully saturated rings. The second kappa shape index (κ2) is 7.88. The van der Waals surface area contributed by atoms with Gasteiger partial charge < -0.3 is 20.3 Å². The molecule has 1 unspecified atom stereocenters. The molecule has 1 aromatic heterocycles. The molecule has 2 aromatic carbocycles. The molecule has 6 nitrogen and oxygen atoms in total. The van der Waals surface area contributed by atoms with Crippen LogP contribution in [0.1, 0.15) is 16.7 Å². The van der Waals surface area contributed by atoms with Crippen molar-refractivity contribution in [2.45, 2.75) is 12.2 Å². The number of aromatic nitrogens is 1. The van der Waals surface area contributed by atoms with Gasteiger partial charge in [0.25, 0.3) is 5.91 Å². The maximum atomic E-state index is 12.2. The Labute approximate surface area is 157 Å². The number of carbonyl (C=O) groups excluding carboxylic acids is 1. The summed E-state index contributed by atoms with van der Waals surface area (Å²) in [7, 11) is 1.45. The lowest BCUT2D eigenvalue weighted by Crippen LogP contribution is -2.42. The molecule has 0 saturated carbocycles. The highest BCUT2D eigenvalue weighted by molar-refractivity contribution is 5.89. The Morgan fingerprint density at radius 2 is 1.93 bits per heavy atom. The number of nitrogens with zero attached hydrogens (tertiary/aromatic N) is 1. The second-order valence-electron chi connectivity index (χ2n) is 5.95. The molecule has 3 N–H and O–H groups in total. The van der Waals surface area contributed by atoms with Gasteiger partial charge in [-0.15, -0.1) is 0 Å². The van der Waals surface area contributed by atoms with E-state index >= 15 is 0 Å². The van der Waals surface area contributed by atoms with Crippen molar-refractivity contribution in [2.24, 2.45) is 5.73 Å². The summed E-state index contributed by atoms with van der Waals surface area (Å²) in [5, 5.41) is 11.1. The quantitative estimate of drug-likeness (QED) is 0.671. The third kappa shape index (κ3) is 3.75. The largest absolute Gasteiger partial charge is 0.496 e. The van der Waals surface area contributed by atoms with Gasteiger partial charge in [-0.3, -0.25) is 9.78 Å². The summed E-state index contributed by atoms with van der Waals surface area (Å²) in [5.41, 5.74) is 5.05. The molecule has 0 bridgehead atoms. The van der Waals surface area contributed by atoms with Crippen molar-refractivity contribution < 1.29 is 19.4 Å². The normalized spacial score (nSPS) is 12.8. The molecule has 0 radical (unpaired) electrons. The van der Waals surface area contributed by atoms with Gasteiger partial charge in [0.2, 0.25) is 0 Å². The molecule has 1 amide bonds. The average molecular weight is 364 g/mol. The van der Waals surface area contributed by atoms with Gasteiger partial charge in [-0.05, 0) is 23.8 Å². The van der Waals surface area contributed by atoms with E-state index in [4.69, 9.17) is 15.2 Å². The molecule has 0 aliphatic rings. The molecule has 0 saturated heterocycles. The number of ether oxygens (including phenoxy) is 2. The van der Waals surface area contributed by atoms with Crippen LogP contribution in [0.4, 0.5) is 0 Å². The van der Waals surface area contributed by atoms with Crippen LogP contribution in [0, 0.1) is 0 Å². The van der Waals surface area contributed by atoms with Crippen molar-refractivity contribution >= 4 is 5.91 Å². The number of primary amides is 1. The zero-order valence-electron chi connectivity index (χ0n) is 14.8. The maximum absolute atomic E-state index is 12.2. The van der Waals surface area contributed by atoms with Gasteiger partial charge in [0.1, 0.15) is 18.1 Å². The van der Waals surface area contributed by atoms with Crippen molar-refractivity contribution in [3.8, 4) is 11.5 Å². The van der Waals surface area contributed by atoms with Gasteiger partial charge in [-0.1, -0.05) is 36.4 Å². The predicted octanol–water partition coefficient (Wildman–Crippen LogP) is 2.39. The van der Waals surface area contributed by atoms with Crippen LogP contribution >= 0.6 is 0 Å². The number of hydrogen-bond acceptors (Lipinski definition) is 5. The zero-order valence-corrected chi connectivity index (χ0v) is 14.8. The number of methoxy groups -OCH3 is 1. The average Bonchev–Trinajstić information content (AvgIpc) is 2.72. The Bertz CT molecular complexity index is 916. The number of nitrogens with two attached hydrogens (primary N) is 1. The van der Waals surface area contributed by atoms with Crippen LogP contribution in [0.5, 0.6) is 11.5 Å². The molecule has 1 heterocycles. The van der Waals surface area contributed by atoms with Gasteiger partial charge in [0.05, 0.1) is 7.11 Å². The van der Waals surface area contributed by atoms with Crippen molar-refractivity contribution in [1.82, 2.24) is 4.98 Å². The molecule has 1 atom stereocenters. The Morgan fingerprint density at radius 3 is 2.56 bits per heavy atom. The fraction of sp³-hybridized carbons (Fsp3) is 0.143. The maximum Gasteiger partial charge on any atom is 0.258 e. The van der Waals surface area contributed by atoms with Crippen LogP contribution < -0.4 is 15.2 Å². The summed E-state index contributed by atoms with van der Waals surface area (Å²) >= 11 is 0. The van der Waals surface area contributed by atoms with Gasteiger partial charge in [0.15, 0.2) is 5.60 Å². The van der Waals surface area contributed by atoms with Gasteiger partial charge in [0, 0.05) is 29.6 Å². The lowest BCUT2D eigenvalue weighted by molar-refractivity contribution is -0.133. The molecule has 0 aliphatic heterocycles. The van der Waals surface area contributed by atoms with Gasteiger partial charge >= 0.3 is 0 Å². The Morgan fingerprint density at radius 1 is 1.15 bits per heavy atom. The molecular formula is C21H20N2O4. The molecule has 0 aliphatic carbocycles. The van der Waals surface area contributed by atoms with Crippen LogP contribution in [-0.4, -0.2) is 23.1 Å². The molecule has 3 rings (SSSR count). The standard InChI is InChI=1S/C21H20N2O4/c1-26-19-12-17(27-14-15-6-5-11-23-13-15)9-10-18(19)21(25,20(22)24)16-7-3-2-4-8-16/h2-13,25H,14H2,1H3,(H2,22,24). The van der Waals surface area contributed by atoms with E-state index in [0.717, 1.165) is 5.56 Å². The van der Waals surface area contributed by atoms with E-state index in [1.54, 1.807) is 60.9 Å². The summed E-state index contributed by atoms with van der Waals surface area (Å²) in [5.74, 6) is -0.0702. The third-order valence-electron chi connectivity index (χ3n) is 4.24. The van der Waals surface area contributed by atoms with Crippen molar-refractivity contribution in [1.29, 1.82) is 0 Å². The Hall–Kier alpha value is -3.38. The first-order chi connectivity index (χ1) is 13.1. The van der Waals surface area contributed by atoms with Crippen molar-refractivity contribution in [2.75, 3.05) is 7.11 Å². The van der Waals surface area contributed by atoms with Crippen LogP contribution in [-0.2, 0) is 17.0 Å². The van der Waals surface area contributed by atoms with Gasteiger partial charge in [-0.2, -0.15) is 0 Å². The Balaban J connectivity index is 1.94. The number of hydrogen-bond donors (Lipinski definition) is 2. The molecule has 0 spiro atoms. The lowest BCUT2D eigenvalue weighted by Gasteiger charge is -2.27. The summed E-state index contributed by atoms with van der Waals surface area (Å²) in [4.78, 5) is 16.2. The van der Waals surface area contributed by atoms with Crippen LogP contribution in [0.15, 0.2) is 73.1 Å². The predicted molar refractivity (Wildman–Crippen MR) is 100 cm³/mol. The topological polar surface area (TPSA) is 94.7 Å². The SMILES string of the molecule is COc1cc(OCc2cccnc2)ccc1C(O)(C(N)=O)c1ccccc1. The number of amides is 1. The minimum Gasteiger partial charge on any atom is -0.496 e. The summed E-state index contributed by atoms with van der Waals surface area (Å²) < 4.78 is 11.1. The highest BCUT2D eigenvalue weighted by Gasteiger charge is 2.40. The first-order valence-electron chi connectivity index (χ1n) is 8.33. The monoisotopic (exact) mass is 364 g/mol. The van der Waals surface area contributed by atoms with Gasteiger partial charge in [-0.25, -0.2) is 0 Å². The first kappa shape index (κ1) is 18.4. The first-order valence-corrected chi connectivity index (χ1v) is 8.33. The van der Waals surface area contributed by atoms with Crippen LogP contribution in [0.3, 0.4) is 0 Å². The highest BCUT2D eigenvalue weighted by atomic mass is 16.5. The molecule has 138 valence electrons. The van der Waals surface area contributed by atoms with Crippen LogP contribution in [0.25, 0.3) is 0 Å². The second-order valence-corrected chi connectivity index (χ2v) is 5.95. The number of carbonyl (C=O) groups is 1. The van der Waals surface area contributed by atoms with E-state index in [1.165, 1.54) is 7.11 Å². The summed E-state index contributed by atoms with van der Waals surface area (Å²) in [6.45, 7) is 0.328. The number of rotatable bonds is 7. The van der Waals surface area contributed by atoms with Crippen molar-refractivity contribution in [3.63, 3.8) is 0 Å². The number of benzene rings is 2. The molecular weight excluding hydrogens is 344 g/mol. The molecule has 6 heteroatoms. The fourth-order valence-electron chi connectivity index (χ4n) is 2.82. The minimum atomic E-state index is -2.02. The smallest absolute Gasteiger partial charge is 0.258 e. The van der Waals surface area contributed by atoms with E-state index in [-0.39, 0.29) is 5.56 Å². The highest BCUT2D eigenvalue weighted by Crippen LogP contribution is 2.37. The number of pyridine rings is 1. The Kier molecular flexibility index (Phi) is 5.38. The lowest BCUT2D eigenvalue weighted by atomic mass is 9.85. The summed E-state index contributed by atoms with van der Waals surface area (Å²) in [6, 6.07) is 17.1. The van der Waals surface area contributed by atoms with E-state index < -0.39 is 11.5 Å². The molecule has 27 heavy (non-hydrogen) atoms. The minimum absolute atomic E-state index is 0.248. The zero-order chi connectivity index (χ0) is 19.3. The van der Waals surface area contributed by atoms with E-state index in [2.05, 4.69) is 4.98 Å². The fourth-order valence-corrected chi connectivity index (χ4v) is 2.82. The number of aliphatic hydroxyl groups is 1.